The van der Waals surface area contributed by atoms with Crippen molar-refractivity contribution >= 4 is 17.3 Å². The van der Waals surface area contributed by atoms with Gasteiger partial charge in [0.15, 0.2) is 0 Å². The molecule has 2 aromatic carbocycles. The third kappa shape index (κ3) is 2.93. The van der Waals surface area contributed by atoms with Crippen LogP contribution in [0.15, 0.2) is 36.4 Å². The molecule has 1 atom stereocenters. The Morgan fingerprint density at radius 2 is 2.19 bits per heavy atom. The maximum Gasteiger partial charge on any atom is 0.123 e. The molecule has 0 radical (unpaired) electrons. The first-order chi connectivity index (χ1) is 10.2. The highest BCUT2D eigenvalue weighted by Crippen LogP contribution is 2.29. The van der Waals surface area contributed by atoms with Gasteiger partial charge in [0.05, 0.1) is 17.1 Å². The zero-order chi connectivity index (χ0) is 14.8. The summed E-state index contributed by atoms with van der Waals surface area (Å²) in [6.07, 6.45) is 0.626. The lowest BCUT2D eigenvalue weighted by Gasteiger charge is -2.13. The standard InChI is InChI=1S/C16H12ClFN2O/c17-15-7-13(3-1-10(15)8-19)20-9-14-6-11-5-12(18)2-4-16(11)21-14/h1-5,7,14,20H,6,9H2. The summed E-state index contributed by atoms with van der Waals surface area (Å²) < 4.78 is 18.9. The second kappa shape index (κ2) is 5.63. The number of nitrogens with zero attached hydrogens (tertiary/aromatic N) is 1. The van der Waals surface area contributed by atoms with Crippen molar-refractivity contribution in [1.82, 2.24) is 0 Å². The van der Waals surface area contributed by atoms with Gasteiger partial charge in [-0.05, 0) is 36.4 Å². The van der Waals surface area contributed by atoms with E-state index in [2.05, 4.69) is 5.32 Å². The van der Waals surface area contributed by atoms with Crippen LogP contribution in [0.4, 0.5) is 10.1 Å². The third-order valence-electron chi connectivity index (χ3n) is 3.39. The van der Waals surface area contributed by atoms with Crippen molar-refractivity contribution in [1.29, 1.82) is 5.26 Å². The van der Waals surface area contributed by atoms with Crippen molar-refractivity contribution in [3.05, 3.63) is 58.4 Å². The number of benzene rings is 2. The minimum Gasteiger partial charge on any atom is -0.488 e. The number of halogens is 2. The molecule has 0 fully saturated rings. The second-order valence-corrected chi connectivity index (χ2v) is 5.29. The van der Waals surface area contributed by atoms with E-state index in [1.54, 1.807) is 24.3 Å². The van der Waals surface area contributed by atoms with Crippen molar-refractivity contribution < 1.29 is 9.13 Å². The molecule has 3 rings (SSSR count). The molecule has 5 heteroatoms. The van der Waals surface area contributed by atoms with E-state index in [9.17, 15) is 4.39 Å². The number of hydrogen-bond donors (Lipinski definition) is 1. The van der Waals surface area contributed by atoms with E-state index < -0.39 is 0 Å². The van der Waals surface area contributed by atoms with E-state index in [4.69, 9.17) is 21.6 Å². The summed E-state index contributed by atoms with van der Waals surface area (Å²) >= 11 is 5.98. The van der Waals surface area contributed by atoms with E-state index in [1.807, 2.05) is 6.07 Å². The first kappa shape index (κ1) is 13.7. The van der Waals surface area contributed by atoms with Crippen LogP contribution in [0.2, 0.25) is 5.02 Å². The first-order valence-electron chi connectivity index (χ1n) is 6.54. The molecule has 1 aliphatic rings. The van der Waals surface area contributed by atoms with Crippen molar-refractivity contribution in [2.75, 3.05) is 11.9 Å². The maximum absolute atomic E-state index is 13.1. The number of hydrogen-bond acceptors (Lipinski definition) is 3. The number of nitrogens with one attached hydrogen (secondary N) is 1. The van der Waals surface area contributed by atoms with Crippen LogP contribution in [-0.4, -0.2) is 12.6 Å². The summed E-state index contributed by atoms with van der Waals surface area (Å²) in [5.74, 6) is 0.492. The van der Waals surface area contributed by atoms with Gasteiger partial charge in [-0.2, -0.15) is 5.26 Å². The first-order valence-corrected chi connectivity index (χ1v) is 6.92. The summed E-state index contributed by atoms with van der Waals surface area (Å²) in [6, 6.07) is 11.8. The van der Waals surface area contributed by atoms with Gasteiger partial charge < -0.3 is 10.1 Å². The molecular formula is C16H12ClFN2O. The van der Waals surface area contributed by atoms with Gasteiger partial charge in [0.25, 0.3) is 0 Å². The SMILES string of the molecule is N#Cc1ccc(NCC2Cc3cc(F)ccc3O2)cc1Cl. The Bertz CT molecular complexity index is 727. The van der Waals surface area contributed by atoms with Gasteiger partial charge in [-0.1, -0.05) is 11.6 Å². The minimum atomic E-state index is -0.246. The second-order valence-electron chi connectivity index (χ2n) is 4.88. The van der Waals surface area contributed by atoms with Gasteiger partial charge >= 0.3 is 0 Å². The van der Waals surface area contributed by atoms with Crippen molar-refractivity contribution in [3.8, 4) is 11.8 Å². The van der Waals surface area contributed by atoms with Gasteiger partial charge in [0.2, 0.25) is 0 Å². The lowest BCUT2D eigenvalue weighted by atomic mass is 10.1. The van der Waals surface area contributed by atoms with E-state index >= 15 is 0 Å². The zero-order valence-electron chi connectivity index (χ0n) is 11.1. The van der Waals surface area contributed by atoms with Crippen LogP contribution in [-0.2, 0) is 6.42 Å². The summed E-state index contributed by atoms with van der Waals surface area (Å²) in [5, 5.41) is 12.5. The highest BCUT2D eigenvalue weighted by atomic mass is 35.5. The Morgan fingerprint density at radius 3 is 2.95 bits per heavy atom. The minimum absolute atomic E-state index is 0.0452. The smallest absolute Gasteiger partial charge is 0.123 e. The summed E-state index contributed by atoms with van der Waals surface area (Å²) in [7, 11) is 0. The fraction of sp³-hybridized carbons (Fsp3) is 0.188. The molecule has 106 valence electrons. The Morgan fingerprint density at radius 1 is 1.33 bits per heavy atom. The molecule has 1 aliphatic heterocycles. The van der Waals surface area contributed by atoms with E-state index in [1.165, 1.54) is 12.1 Å². The molecule has 0 amide bonds. The predicted octanol–water partition coefficient (Wildman–Crippen LogP) is 3.77. The zero-order valence-corrected chi connectivity index (χ0v) is 11.8. The van der Waals surface area contributed by atoms with Crippen LogP contribution >= 0.6 is 11.6 Å². The van der Waals surface area contributed by atoms with E-state index in [0.717, 1.165) is 17.0 Å². The van der Waals surface area contributed by atoms with Crippen LogP contribution in [0.5, 0.6) is 5.75 Å². The quantitative estimate of drug-likeness (QED) is 0.939. The van der Waals surface area contributed by atoms with Crippen molar-refractivity contribution in [2.45, 2.75) is 12.5 Å². The maximum atomic E-state index is 13.1. The molecule has 1 N–H and O–H groups in total. The molecule has 1 heterocycles. The Kier molecular flexibility index (Phi) is 3.68. The van der Waals surface area contributed by atoms with Gasteiger partial charge in [-0.15, -0.1) is 0 Å². The fourth-order valence-electron chi connectivity index (χ4n) is 2.35. The molecule has 21 heavy (non-hydrogen) atoms. The van der Waals surface area contributed by atoms with Crippen LogP contribution in [0, 0.1) is 17.1 Å². The summed E-state index contributed by atoms with van der Waals surface area (Å²) in [4.78, 5) is 0. The highest BCUT2D eigenvalue weighted by Gasteiger charge is 2.22. The van der Waals surface area contributed by atoms with Crippen LogP contribution in [0.3, 0.4) is 0 Å². The van der Waals surface area contributed by atoms with Crippen LogP contribution in [0.1, 0.15) is 11.1 Å². The molecule has 1 unspecified atom stereocenters. The molecule has 0 spiro atoms. The summed E-state index contributed by atoms with van der Waals surface area (Å²) in [6.45, 7) is 0.582. The molecule has 0 aromatic heterocycles. The van der Waals surface area contributed by atoms with E-state index in [-0.39, 0.29) is 11.9 Å². The molecule has 2 aromatic rings. The Labute approximate surface area is 126 Å². The number of ether oxygens (including phenoxy) is 1. The lowest BCUT2D eigenvalue weighted by molar-refractivity contribution is 0.246. The molecule has 0 saturated heterocycles. The van der Waals surface area contributed by atoms with E-state index in [0.29, 0.717) is 23.6 Å². The van der Waals surface area contributed by atoms with Crippen LogP contribution in [0.25, 0.3) is 0 Å². The van der Waals surface area contributed by atoms with Gasteiger partial charge in [-0.3, -0.25) is 0 Å². The summed E-state index contributed by atoms with van der Waals surface area (Å²) in [5.41, 5.74) is 2.16. The predicted molar refractivity (Wildman–Crippen MR) is 79.2 cm³/mol. The number of anilines is 1. The molecule has 0 aliphatic carbocycles. The number of fused-ring (bicyclic) bond motifs is 1. The Balaban J connectivity index is 1.62. The molecular weight excluding hydrogens is 291 g/mol. The van der Waals surface area contributed by atoms with Crippen LogP contribution < -0.4 is 10.1 Å². The highest BCUT2D eigenvalue weighted by molar-refractivity contribution is 6.32. The molecule has 0 saturated carbocycles. The van der Waals surface area contributed by atoms with Gasteiger partial charge in [-0.25, -0.2) is 4.39 Å². The normalized spacial score (nSPS) is 16.0. The van der Waals surface area contributed by atoms with Crippen molar-refractivity contribution in [3.63, 3.8) is 0 Å². The number of nitriles is 1. The third-order valence-corrected chi connectivity index (χ3v) is 3.70. The monoisotopic (exact) mass is 302 g/mol. The largest absolute Gasteiger partial charge is 0.488 e. The average Bonchev–Trinajstić information content (AvgIpc) is 2.87. The average molecular weight is 303 g/mol. The fourth-order valence-corrected chi connectivity index (χ4v) is 2.57. The van der Waals surface area contributed by atoms with Gasteiger partial charge in [0.1, 0.15) is 23.7 Å². The Hall–Kier alpha value is -2.25. The topological polar surface area (TPSA) is 45.0 Å². The van der Waals surface area contributed by atoms with Gasteiger partial charge in [0, 0.05) is 17.7 Å². The number of rotatable bonds is 3. The lowest BCUT2D eigenvalue weighted by Crippen LogP contribution is -2.23. The molecule has 0 bridgehead atoms. The van der Waals surface area contributed by atoms with Crippen molar-refractivity contribution in [2.24, 2.45) is 0 Å². The molecule has 3 nitrogen and oxygen atoms in total.